The number of carbonyl (C=O) groups excluding carboxylic acids is 2. The first-order chi connectivity index (χ1) is 19.0. The zero-order chi connectivity index (χ0) is 26.9. The molecule has 1 amide bonds. The number of piperidine rings is 1. The number of pyridine rings is 2. The van der Waals surface area contributed by atoms with E-state index in [2.05, 4.69) is 25.6 Å². The Kier molecular flexibility index (Phi) is 6.67. The summed E-state index contributed by atoms with van der Waals surface area (Å²) in [6.45, 7) is 1.40. The molecule has 11 heteroatoms. The number of hydrogen-bond acceptors (Lipinski definition) is 8. The van der Waals surface area contributed by atoms with Crippen molar-refractivity contribution in [3.05, 3.63) is 89.1 Å². The molecule has 39 heavy (non-hydrogen) atoms. The van der Waals surface area contributed by atoms with Gasteiger partial charge >= 0.3 is 0 Å². The molecule has 0 bridgehead atoms. The predicted molar refractivity (Wildman–Crippen MR) is 146 cm³/mol. The normalized spacial score (nSPS) is 15.4. The first-order valence-corrected chi connectivity index (χ1v) is 13.3. The molecular weight excluding hydrogens is 517 g/mol. The molecule has 1 saturated heterocycles. The van der Waals surface area contributed by atoms with Crippen LogP contribution >= 0.6 is 11.3 Å². The molecule has 0 unspecified atom stereocenters. The van der Waals surface area contributed by atoms with E-state index in [1.54, 1.807) is 54.8 Å². The number of thiophene rings is 1. The Bertz CT molecular complexity index is 1680. The number of rotatable bonds is 6. The van der Waals surface area contributed by atoms with Gasteiger partial charge in [-0.3, -0.25) is 24.2 Å². The summed E-state index contributed by atoms with van der Waals surface area (Å²) < 4.78 is 17.8. The number of amides is 1. The van der Waals surface area contributed by atoms with E-state index in [1.807, 2.05) is 6.07 Å². The standard InChI is InChI=1S/C28H24FN7O2S/c1-35-16-23(33-34-35)17-6-7-20(22(29)12-17)28(38)36(19-5-3-10-31-15-19)27-21-13-25(39-24(21)8-11-32-27)26(37)18-4-2-9-30-14-18/h2,4,6-9,11-14,16,19,31H,3,5,10,15H2,1H3/t19-/m1/s1. The van der Waals surface area contributed by atoms with Crippen molar-refractivity contribution in [3.8, 4) is 11.3 Å². The van der Waals surface area contributed by atoms with E-state index < -0.39 is 11.7 Å². The number of hydrogen-bond donors (Lipinski definition) is 1. The number of nitrogens with one attached hydrogen (secondary N) is 1. The SMILES string of the molecule is Cn1cc(-c2ccc(C(=O)N(c3nccc4sc(C(=O)c5cccnc5)cc34)[C@@H]3CCCNC3)c(F)c2)nn1. The summed E-state index contributed by atoms with van der Waals surface area (Å²) >= 11 is 1.33. The number of nitrogens with zero attached hydrogens (tertiary/aromatic N) is 6. The second kappa shape index (κ2) is 10.4. The largest absolute Gasteiger partial charge is 0.315 e. The average Bonchev–Trinajstić information content (AvgIpc) is 3.61. The highest BCUT2D eigenvalue weighted by molar-refractivity contribution is 7.21. The van der Waals surface area contributed by atoms with Gasteiger partial charge in [0.25, 0.3) is 5.91 Å². The van der Waals surface area contributed by atoms with E-state index >= 15 is 4.39 Å². The van der Waals surface area contributed by atoms with Gasteiger partial charge in [-0.05, 0) is 55.8 Å². The maximum Gasteiger partial charge on any atom is 0.262 e. The van der Waals surface area contributed by atoms with Gasteiger partial charge in [-0.15, -0.1) is 16.4 Å². The molecule has 0 radical (unpaired) electrons. The number of halogens is 1. The lowest BCUT2D eigenvalue weighted by Crippen LogP contribution is -2.49. The minimum atomic E-state index is -0.651. The van der Waals surface area contributed by atoms with Gasteiger partial charge in [0.1, 0.15) is 17.3 Å². The molecule has 1 aliphatic rings. The number of fused-ring (bicyclic) bond motifs is 1. The Morgan fingerprint density at radius 3 is 2.79 bits per heavy atom. The zero-order valence-corrected chi connectivity index (χ0v) is 21.9. The van der Waals surface area contributed by atoms with E-state index in [1.165, 1.54) is 34.3 Å². The highest BCUT2D eigenvalue weighted by Gasteiger charge is 2.32. The van der Waals surface area contributed by atoms with Crippen molar-refractivity contribution in [1.82, 2.24) is 30.3 Å². The predicted octanol–water partition coefficient (Wildman–Crippen LogP) is 4.26. The third-order valence-electron chi connectivity index (χ3n) is 6.75. The number of anilines is 1. The minimum absolute atomic E-state index is 0.0612. The number of carbonyl (C=O) groups is 2. The Hall–Kier alpha value is -4.35. The fourth-order valence-electron chi connectivity index (χ4n) is 4.84. The Balaban J connectivity index is 1.42. The number of aromatic nitrogens is 5. The molecule has 1 atom stereocenters. The van der Waals surface area contributed by atoms with Crippen LogP contribution in [0, 0.1) is 5.82 Å². The van der Waals surface area contributed by atoms with Crippen LogP contribution in [0.2, 0.25) is 0 Å². The van der Waals surface area contributed by atoms with Crippen LogP contribution in [0.1, 0.15) is 38.4 Å². The molecule has 1 aliphatic heterocycles. The highest BCUT2D eigenvalue weighted by Crippen LogP contribution is 2.35. The molecule has 1 N–H and O–H groups in total. The van der Waals surface area contributed by atoms with E-state index in [0.29, 0.717) is 39.4 Å². The Labute approximate surface area is 227 Å². The van der Waals surface area contributed by atoms with Crippen molar-refractivity contribution in [2.24, 2.45) is 7.05 Å². The summed E-state index contributed by atoms with van der Waals surface area (Å²) in [5.41, 5.74) is 1.46. The first kappa shape index (κ1) is 25.0. The Morgan fingerprint density at radius 1 is 1.18 bits per heavy atom. The van der Waals surface area contributed by atoms with Crippen LogP contribution < -0.4 is 10.2 Å². The molecule has 0 aliphatic carbocycles. The third kappa shape index (κ3) is 4.82. The van der Waals surface area contributed by atoms with Crippen LogP contribution in [0.15, 0.2) is 67.3 Å². The van der Waals surface area contributed by atoms with Crippen LogP contribution in [0.3, 0.4) is 0 Å². The fraction of sp³-hybridized carbons (Fsp3) is 0.214. The van der Waals surface area contributed by atoms with Crippen LogP contribution in [0.5, 0.6) is 0 Å². The molecule has 1 aromatic carbocycles. The number of ketones is 1. The van der Waals surface area contributed by atoms with Crippen molar-refractivity contribution < 1.29 is 14.0 Å². The molecule has 196 valence electrons. The zero-order valence-electron chi connectivity index (χ0n) is 21.0. The van der Waals surface area contributed by atoms with Gasteiger partial charge in [-0.2, -0.15) is 0 Å². The molecule has 0 saturated carbocycles. The van der Waals surface area contributed by atoms with Crippen molar-refractivity contribution in [2.45, 2.75) is 18.9 Å². The molecule has 0 spiro atoms. The van der Waals surface area contributed by atoms with E-state index in [-0.39, 0.29) is 17.4 Å². The lowest BCUT2D eigenvalue weighted by atomic mass is 10.0. The van der Waals surface area contributed by atoms with E-state index in [4.69, 9.17) is 0 Å². The summed E-state index contributed by atoms with van der Waals surface area (Å²) in [7, 11) is 1.73. The molecule has 4 aromatic heterocycles. The van der Waals surface area contributed by atoms with Crippen LogP contribution in [-0.2, 0) is 7.05 Å². The summed E-state index contributed by atoms with van der Waals surface area (Å²) in [6.07, 6.45) is 8.06. The second-order valence-corrected chi connectivity index (χ2v) is 10.5. The summed E-state index contributed by atoms with van der Waals surface area (Å²) in [5.74, 6) is -0.886. The molecule has 1 fully saturated rings. The monoisotopic (exact) mass is 541 g/mol. The van der Waals surface area contributed by atoms with Gasteiger partial charge in [0.15, 0.2) is 0 Å². The van der Waals surface area contributed by atoms with E-state index in [0.717, 1.165) is 24.1 Å². The van der Waals surface area contributed by atoms with Crippen molar-refractivity contribution in [2.75, 3.05) is 18.0 Å². The van der Waals surface area contributed by atoms with Crippen LogP contribution in [0.4, 0.5) is 10.2 Å². The topological polar surface area (TPSA) is 106 Å². The minimum Gasteiger partial charge on any atom is -0.315 e. The maximum absolute atomic E-state index is 15.5. The smallest absolute Gasteiger partial charge is 0.262 e. The second-order valence-electron chi connectivity index (χ2n) is 9.38. The van der Waals surface area contributed by atoms with Crippen molar-refractivity contribution in [3.63, 3.8) is 0 Å². The summed E-state index contributed by atoms with van der Waals surface area (Å²) in [5, 5.41) is 11.9. The van der Waals surface area contributed by atoms with Crippen molar-refractivity contribution >= 4 is 38.9 Å². The average molecular weight is 542 g/mol. The van der Waals surface area contributed by atoms with Crippen molar-refractivity contribution in [1.29, 1.82) is 0 Å². The lowest BCUT2D eigenvalue weighted by molar-refractivity contribution is 0.0967. The van der Waals surface area contributed by atoms with Gasteiger partial charge in [0.2, 0.25) is 5.78 Å². The van der Waals surface area contributed by atoms with Gasteiger partial charge < -0.3 is 5.32 Å². The molecular formula is C28H24FN7O2S. The fourth-order valence-corrected chi connectivity index (χ4v) is 5.85. The Morgan fingerprint density at radius 2 is 2.08 bits per heavy atom. The summed E-state index contributed by atoms with van der Waals surface area (Å²) in [4.78, 5) is 37.9. The number of benzene rings is 1. The lowest BCUT2D eigenvalue weighted by Gasteiger charge is -2.34. The quantitative estimate of drug-likeness (QED) is 0.320. The van der Waals surface area contributed by atoms with Crippen LogP contribution in [0.25, 0.3) is 21.3 Å². The van der Waals surface area contributed by atoms with Gasteiger partial charge in [-0.25, -0.2) is 9.37 Å². The van der Waals surface area contributed by atoms with E-state index in [9.17, 15) is 9.59 Å². The van der Waals surface area contributed by atoms with Gasteiger partial charge in [0, 0.05) is 53.4 Å². The van der Waals surface area contributed by atoms with Gasteiger partial charge in [-0.1, -0.05) is 11.3 Å². The molecule has 5 aromatic rings. The van der Waals surface area contributed by atoms with Crippen LogP contribution in [-0.4, -0.2) is 55.8 Å². The molecule has 5 heterocycles. The third-order valence-corrected chi connectivity index (χ3v) is 7.85. The number of aryl methyl sites for hydroxylation is 1. The maximum atomic E-state index is 15.5. The molecule has 9 nitrogen and oxygen atoms in total. The highest BCUT2D eigenvalue weighted by atomic mass is 32.1. The molecule has 6 rings (SSSR count). The summed E-state index contributed by atoms with van der Waals surface area (Å²) in [6, 6.07) is 11.2. The van der Waals surface area contributed by atoms with Gasteiger partial charge in [0.05, 0.1) is 22.7 Å². The first-order valence-electron chi connectivity index (χ1n) is 12.5.